The minimum Gasteiger partial charge on any atom is -0.495 e. The molecular weight excluding hydrogens is 294 g/mol. The summed E-state index contributed by atoms with van der Waals surface area (Å²) in [5, 5.41) is 6.64. The molecule has 2 rings (SSSR count). The van der Waals surface area contributed by atoms with E-state index in [2.05, 4.69) is 15.8 Å². The van der Waals surface area contributed by atoms with Crippen LogP contribution in [0.4, 0.5) is 5.69 Å². The Balaban J connectivity index is 1.90. The zero-order valence-electron chi connectivity index (χ0n) is 13.4. The molecule has 6 nitrogen and oxygen atoms in total. The number of ether oxygens (including phenoxy) is 1. The van der Waals surface area contributed by atoms with E-state index in [1.54, 1.807) is 24.3 Å². The molecule has 2 amide bonds. The Labute approximate surface area is 136 Å². The number of hydrogen-bond donors (Lipinski definition) is 2. The zero-order chi connectivity index (χ0) is 16.5. The SMILES string of the molecule is COc1ccccc1NC(=O)C(=O)NN=C1CCCCCCC1. The normalized spacial score (nSPS) is 15.1. The molecule has 1 aromatic carbocycles. The van der Waals surface area contributed by atoms with Crippen LogP contribution in [0.1, 0.15) is 44.9 Å². The number of hydrazone groups is 1. The van der Waals surface area contributed by atoms with Crippen LogP contribution in [0.2, 0.25) is 0 Å². The van der Waals surface area contributed by atoms with Crippen molar-refractivity contribution >= 4 is 23.2 Å². The fourth-order valence-electron chi connectivity index (χ4n) is 2.53. The van der Waals surface area contributed by atoms with E-state index in [0.29, 0.717) is 11.4 Å². The molecule has 0 saturated heterocycles. The van der Waals surface area contributed by atoms with E-state index < -0.39 is 11.8 Å². The van der Waals surface area contributed by atoms with Gasteiger partial charge in [-0.3, -0.25) is 9.59 Å². The number of nitrogens with zero attached hydrogens (tertiary/aromatic N) is 1. The molecule has 2 N–H and O–H groups in total. The number of rotatable bonds is 3. The summed E-state index contributed by atoms with van der Waals surface area (Å²) in [7, 11) is 1.51. The van der Waals surface area contributed by atoms with Gasteiger partial charge in [-0.25, -0.2) is 5.43 Å². The number of amides is 2. The molecule has 0 aromatic heterocycles. The first kappa shape index (κ1) is 17.0. The summed E-state index contributed by atoms with van der Waals surface area (Å²) in [4.78, 5) is 23.8. The quantitative estimate of drug-likeness (QED) is 0.664. The maximum atomic E-state index is 11.9. The van der Waals surface area contributed by atoms with Crippen LogP contribution >= 0.6 is 0 Å². The van der Waals surface area contributed by atoms with Gasteiger partial charge < -0.3 is 10.1 Å². The van der Waals surface area contributed by atoms with Crippen molar-refractivity contribution in [3.05, 3.63) is 24.3 Å². The van der Waals surface area contributed by atoms with Crippen LogP contribution in [0, 0.1) is 0 Å². The largest absolute Gasteiger partial charge is 0.495 e. The molecule has 0 spiro atoms. The molecule has 1 aliphatic rings. The number of nitrogens with one attached hydrogen (secondary N) is 2. The third kappa shape index (κ3) is 5.39. The molecule has 0 unspecified atom stereocenters. The molecule has 0 atom stereocenters. The van der Waals surface area contributed by atoms with Crippen molar-refractivity contribution in [2.24, 2.45) is 5.10 Å². The monoisotopic (exact) mass is 317 g/mol. The summed E-state index contributed by atoms with van der Waals surface area (Å²) in [6.07, 6.45) is 7.59. The van der Waals surface area contributed by atoms with Gasteiger partial charge in [-0.15, -0.1) is 0 Å². The third-order valence-corrected chi connectivity index (χ3v) is 3.81. The summed E-state index contributed by atoms with van der Waals surface area (Å²) in [6, 6.07) is 6.92. The first-order valence-electron chi connectivity index (χ1n) is 8.00. The van der Waals surface area contributed by atoms with E-state index in [1.807, 2.05) is 0 Å². The fourth-order valence-corrected chi connectivity index (χ4v) is 2.53. The highest BCUT2D eigenvalue weighted by Gasteiger charge is 2.15. The van der Waals surface area contributed by atoms with Gasteiger partial charge in [-0.1, -0.05) is 31.4 Å². The van der Waals surface area contributed by atoms with Crippen LogP contribution in [-0.4, -0.2) is 24.6 Å². The highest BCUT2D eigenvalue weighted by Crippen LogP contribution is 2.22. The number of anilines is 1. The molecule has 124 valence electrons. The third-order valence-electron chi connectivity index (χ3n) is 3.81. The van der Waals surface area contributed by atoms with E-state index in [1.165, 1.54) is 26.4 Å². The summed E-state index contributed by atoms with van der Waals surface area (Å²) in [6.45, 7) is 0. The zero-order valence-corrected chi connectivity index (χ0v) is 13.4. The topological polar surface area (TPSA) is 79.8 Å². The number of methoxy groups -OCH3 is 1. The van der Waals surface area contributed by atoms with Crippen molar-refractivity contribution < 1.29 is 14.3 Å². The van der Waals surface area contributed by atoms with Crippen LogP contribution in [0.3, 0.4) is 0 Å². The van der Waals surface area contributed by atoms with Gasteiger partial charge in [0.05, 0.1) is 12.8 Å². The molecule has 6 heteroatoms. The van der Waals surface area contributed by atoms with E-state index in [4.69, 9.17) is 4.74 Å². The summed E-state index contributed by atoms with van der Waals surface area (Å²) in [5.41, 5.74) is 3.77. The Morgan fingerprint density at radius 1 is 1.00 bits per heavy atom. The molecular formula is C17H23N3O3. The summed E-state index contributed by atoms with van der Waals surface area (Å²) in [5.74, 6) is -1.03. The average molecular weight is 317 g/mol. The second-order valence-corrected chi connectivity index (χ2v) is 5.54. The van der Waals surface area contributed by atoms with Crippen molar-refractivity contribution in [2.45, 2.75) is 44.9 Å². The van der Waals surface area contributed by atoms with Crippen molar-refractivity contribution in [3.8, 4) is 5.75 Å². The standard InChI is InChI=1S/C17H23N3O3/c1-23-15-12-8-7-11-14(15)18-16(21)17(22)20-19-13-9-5-3-2-4-6-10-13/h7-8,11-12H,2-6,9-10H2,1H3,(H,18,21)(H,20,22). The maximum absolute atomic E-state index is 11.9. The molecule has 1 aromatic rings. The minimum atomic E-state index is -0.773. The number of para-hydroxylation sites is 2. The molecule has 1 saturated carbocycles. The lowest BCUT2D eigenvalue weighted by Gasteiger charge is -2.11. The molecule has 0 radical (unpaired) electrons. The highest BCUT2D eigenvalue weighted by molar-refractivity contribution is 6.39. The predicted molar refractivity (Wildman–Crippen MR) is 89.5 cm³/mol. The van der Waals surface area contributed by atoms with E-state index >= 15 is 0 Å². The van der Waals surface area contributed by atoms with Gasteiger partial charge in [0.1, 0.15) is 5.75 Å². The van der Waals surface area contributed by atoms with E-state index in [-0.39, 0.29) is 0 Å². The maximum Gasteiger partial charge on any atom is 0.329 e. The van der Waals surface area contributed by atoms with Crippen molar-refractivity contribution in [1.29, 1.82) is 0 Å². The van der Waals surface area contributed by atoms with Gasteiger partial charge in [0.2, 0.25) is 0 Å². The number of carbonyl (C=O) groups is 2. The van der Waals surface area contributed by atoms with Crippen LogP contribution in [0.5, 0.6) is 5.75 Å². The summed E-state index contributed by atoms with van der Waals surface area (Å²) >= 11 is 0. The molecule has 0 bridgehead atoms. The Kier molecular flexibility index (Phi) is 6.59. The van der Waals surface area contributed by atoms with Crippen LogP contribution in [-0.2, 0) is 9.59 Å². The van der Waals surface area contributed by atoms with Gasteiger partial charge in [-0.2, -0.15) is 5.10 Å². The number of carbonyl (C=O) groups excluding carboxylic acids is 2. The number of hydrogen-bond acceptors (Lipinski definition) is 4. The van der Waals surface area contributed by atoms with Crippen molar-refractivity contribution in [3.63, 3.8) is 0 Å². The Morgan fingerprint density at radius 2 is 1.65 bits per heavy atom. The van der Waals surface area contributed by atoms with Gasteiger partial charge in [0, 0.05) is 5.71 Å². The Morgan fingerprint density at radius 3 is 2.35 bits per heavy atom. The second kappa shape index (κ2) is 8.92. The van der Waals surface area contributed by atoms with Gasteiger partial charge in [0.25, 0.3) is 0 Å². The fraction of sp³-hybridized carbons (Fsp3) is 0.471. The Hall–Kier alpha value is -2.37. The lowest BCUT2D eigenvalue weighted by Crippen LogP contribution is -2.33. The van der Waals surface area contributed by atoms with Crippen LogP contribution in [0.15, 0.2) is 29.4 Å². The highest BCUT2D eigenvalue weighted by atomic mass is 16.5. The van der Waals surface area contributed by atoms with Crippen molar-refractivity contribution in [2.75, 3.05) is 12.4 Å². The smallest absolute Gasteiger partial charge is 0.329 e. The summed E-state index contributed by atoms with van der Waals surface area (Å²) < 4.78 is 5.13. The van der Waals surface area contributed by atoms with Gasteiger partial charge in [0.15, 0.2) is 0 Å². The molecule has 1 fully saturated rings. The molecule has 23 heavy (non-hydrogen) atoms. The number of benzene rings is 1. The molecule has 0 heterocycles. The second-order valence-electron chi connectivity index (χ2n) is 5.54. The predicted octanol–water partition coefficient (Wildman–Crippen LogP) is 2.85. The van der Waals surface area contributed by atoms with Crippen LogP contribution < -0.4 is 15.5 Å². The first-order chi connectivity index (χ1) is 11.2. The van der Waals surface area contributed by atoms with Crippen molar-refractivity contribution in [1.82, 2.24) is 5.43 Å². The Bertz CT molecular complexity index is 574. The van der Waals surface area contributed by atoms with Gasteiger partial charge in [-0.05, 0) is 37.8 Å². The van der Waals surface area contributed by atoms with E-state index in [0.717, 1.165) is 31.4 Å². The first-order valence-corrected chi connectivity index (χ1v) is 8.00. The van der Waals surface area contributed by atoms with Gasteiger partial charge >= 0.3 is 11.8 Å². The van der Waals surface area contributed by atoms with Crippen LogP contribution in [0.25, 0.3) is 0 Å². The molecule has 1 aliphatic carbocycles. The lowest BCUT2D eigenvalue weighted by molar-refractivity contribution is -0.136. The average Bonchev–Trinajstić information content (AvgIpc) is 2.54. The molecule has 0 aliphatic heterocycles. The van der Waals surface area contributed by atoms with E-state index in [9.17, 15) is 9.59 Å². The lowest BCUT2D eigenvalue weighted by atomic mass is 9.99. The minimum absolute atomic E-state index is 0.453.